The molecule has 2 heterocycles. The van der Waals surface area contributed by atoms with Gasteiger partial charge in [-0.25, -0.2) is 4.98 Å². The number of nitrogens with one attached hydrogen (secondary N) is 1. The van der Waals surface area contributed by atoms with E-state index in [4.69, 9.17) is 4.74 Å². The summed E-state index contributed by atoms with van der Waals surface area (Å²) >= 11 is 0. The summed E-state index contributed by atoms with van der Waals surface area (Å²) in [6.07, 6.45) is -1.18. The summed E-state index contributed by atoms with van der Waals surface area (Å²) in [7, 11) is 0. The molecule has 1 amide bonds. The number of aromatic nitrogens is 1. The maximum Gasteiger partial charge on any atom is 0.393 e. The number of rotatable bonds is 3. The van der Waals surface area contributed by atoms with E-state index in [0.29, 0.717) is 32.5 Å². The number of hydrogen-bond acceptors (Lipinski definition) is 4. The van der Waals surface area contributed by atoms with Gasteiger partial charge in [-0.3, -0.25) is 4.79 Å². The number of morpholine rings is 1. The summed E-state index contributed by atoms with van der Waals surface area (Å²) in [4.78, 5) is 18.6. The Hall–Kier alpha value is -1.83. The zero-order valence-corrected chi connectivity index (χ0v) is 13.9. The lowest BCUT2D eigenvalue weighted by Gasteiger charge is -2.33. The topological polar surface area (TPSA) is 54.5 Å². The van der Waals surface area contributed by atoms with Gasteiger partial charge in [0.15, 0.2) is 0 Å². The van der Waals surface area contributed by atoms with E-state index in [2.05, 4.69) is 10.3 Å². The van der Waals surface area contributed by atoms with Gasteiger partial charge in [0, 0.05) is 25.3 Å². The fraction of sp³-hybridized carbons (Fsp3) is 0.647. The molecule has 1 aromatic rings. The zero-order valence-electron chi connectivity index (χ0n) is 13.9. The Labute approximate surface area is 144 Å². The fourth-order valence-corrected chi connectivity index (χ4v) is 3.45. The Morgan fingerprint density at radius 1 is 1.20 bits per heavy atom. The van der Waals surface area contributed by atoms with Crippen LogP contribution in [0.1, 0.15) is 36.0 Å². The number of hydrogen-bond donors (Lipinski definition) is 1. The number of nitrogens with zero attached hydrogens (tertiary/aromatic N) is 2. The van der Waals surface area contributed by atoms with Crippen molar-refractivity contribution in [3.63, 3.8) is 0 Å². The van der Waals surface area contributed by atoms with Gasteiger partial charge in [0.1, 0.15) is 5.82 Å². The van der Waals surface area contributed by atoms with Crippen LogP contribution >= 0.6 is 0 Å². The van der Waals surface area contributed by atoms with Crippen LogP contribution in [0.3, 0.4) is 0 Å². The lowest BCUT2D eigenvalue weighted by atomic mass is 9.84. The molecule has 25 heavy (non-hydrogen) atoms. The van der Waals surface area contributed by atoms with Gasteiger partial charge >= 0.3 is 6.18 Å². The molecule has 1 aliphatic carbocycles. The highest BCUT2D eigenvalue weighted by Crippen LogP contribution is 2.37. The van der Waals surface area contributed by atoms with E-state index in [1.54, 1.807) is 12.1 Å². The highest BCUT2D eigenvalue weighted by Gasteiger charge is 2.46. The van der Waals surface area contributed by atoms with Crippen molar-refractivity contribution >= 4 is 11.7 Å². The molecular weight excluding hydrogens is 335 g/mol. The third-order valence-corrected chi connectivity index (χ3v) is 4.85. The van der Waals surface area contributed by atoms with Gasteiger partial charge < -0.3 is 15.0 Å². The number of halogens is 3. The predicted octanol–water partition coefficient (Wildman–Crippen LogP) is 2.77. The molecule has 8 heteroatoms. The van der Waals surface area contributed by atoms with E-state index in [0.717, 1.165) is 18.9 Å². The van der Waals surface area contributed by atoms with E-state index >= 15 is 0 Å². The van der Waals surface area contributed by atoms with Crippen LogP contribution in [0.2, 0.25) is 0 Å². The second-order valence-electron chi connectivity index (χ2n) is 6.52. The van der Waals surface area contributed by atoms with Crippen LogP contribution in [0, 0.1) is 5.92 Å². The van der Waals surface area contributed by atoms with Crippen LogP contribution in [0.15, 0.2) is 18.3 Å². The normalized spacial score (nSPS) is 24.8. The van der Waals surface area contributed by atoms with Crippen molar-refractivity contribution in [2.24, 2.45) is 5.92 Å². The molecule has 2 unspecified atom stereocenters. The molecule has 1 saturated carbocycles. The summed E-state index contributed by atoms with van der Waals surface area (Å²) < 4.78 is 44.7. The molecule has 1 aliphatic heterocycles. The second-order valence-corrected chi connectivity index (χ2v) is 6.52. The van der Waals surface area contributed by atoms with Crippen molar-refractivity contribution in [3.8, 4) is 0 Å². The first-order valence-electron chi connectivity index (χ1n) is 8.61. The first kappa shape index (κ1) is 18.0. The molecule has 3 rings (SSSR count). The number of ether oxygens (including phenoxy) is 1. The lowest BCUT2D eigenvalue weighted by Crippen LogP contribution is -2.47. The average molecular weight is 357 g/mol. The Balaban J connectivity index is 1.64. The summed E-state index contributed by atoms with van der Waals surface area (Å²) in [6, 6.07) is 2.47. The third kappa shape index (κ3) is 4.42. The Morgan fingerprint density at radius 3 is 2.56 bits per heavy atom. The molecule has 2 aliphatic rings. The molecular formula is C17H22F3N3O2. The smallest absolute Gasteiger partial charge is 0.378 e. The van der Waals surface area contributed by atoms with E-state index in [1.165, 1.54) is 6.20 Å². The van der Waals surface area contributed by atoms with Crippen LogP contribution in [0.5, 0.6) is 0 Å². The highest BCUT2D eigenvalue weighted by molar-refractivity contribution is 5.94. The van der Waals surface area contributed by atoms with Gasteiger partial charge in [-0.05, 0) is 25.0 Å². The summed E-state index contributed by atoms with van der Waals surface area (Å²) in [6.45, 7) is 2.72. The Kier molecular flexibility index (Phi) is 5.46. The van der Waals surface area contributed by atoms with E-state index in [9.17, 15) is 18.0 Å². The van der Waals surface area contributed by atoms with Gasteiger partial charge in [-0.1, -0.05) is 12.8 Å². The van der Waals surface area contributed by atoms with Gasteiger partial charge in [0.05, 0.1) is 24.7 Å². The quantitative estimate of drug-likeness (QED) is 0.904. The number of carbonyl (C=O) groups is 1. The minimum absolute atomic E-state index is 0.0721. The molecule has 0 radical (unpaired) electrons. The summed E-state index contributed by atoms with van der Waals surface area (Å²) in [5.74, 6) is -1.22. The maximum absolute atomic E-state index is 13.1. The SMILES string of the molecule is O=C(NC1CCCCC1C(F)(F)F)c1ccc(N2CCOCC2)nc1. The zero-order chi connectivity index (χ0) is 17.9. The average Bonchev–Trinajstić information content (AvgIpc) is 2.62. The van der Waals surface area contributed by atoms with Crippen molar-refractivity contribution in [2.75, 3.05) is 31.2 Å². The summed E-state index contributed by atoms with van der Waals surface area (Å²) in [5.41, 5.74) is 0.281. The Morgan fingerprint density at radius 2 is 1.92 bits per heavy atom. The molecule has 0 spiro atoms. The fourth-order valence-electron chi connectivity index (χ4n) is 3.45. The minimum atomic E-state index is -4.28. The molecule has 138 valence electrons. The standard InChI is InChI=1S/C17H22F3N3O2/c18-17(19,20)13-3-1-2-4-14(13)22-16(24)12-5-6-15(21-11-12)23-7-9-25-10-8-23/h5-6,11,13-14H,1-4,7-10H2,(H,22,24). The predicted molar refractivity (Wildman–Crippen MR) is 86.5 cm³/mol. The highest BCUT2D eigenvalue weighted by atomic mass is 19.4. The first-order valence-corrected chi connectivity index (χ1v) is 8.61. The number of carbonyl (C=O) groups excluding carboxylic acids is 1. The van der Waals surface area contributed by atoms with Gasteiger partial charge in [0.2, 0.25) is 0 Å². The van der Waals surface area contributed by atoms with Crippen LogP contribution in [0.25, 0.3) is 0 Å². The van der Waals surface area contributed by atoms with Crippen molar-refractivity contribution in [1.29, 1.82) is 0 Å². The number of alkyl halides is 3. The molecule has 1 N–H and O–H groups in total. The van der Waals surface area contributed by atoms with E-state index < -0.39 is 24.0 Å². The van der Waals surface area contributed by atoms with Crippen LogP contribution in [-0.2, 0) is 4.74 Å². The van der Waals surface area contributed by atoms with Crippen molar-refractivity contribution in [2.45, 2.75) is 37.9 Å². The van der Waals surface area contributed by atoms with Gasteiger partial charge in [0.25, 0.3) is 5.91 Å². The maximum atomic E-state index is 13.1. The number of anilines is 1. The largest absolute Gasteiger partial charge is 0.393 e. The first-order chi connectivity index (χ1) is 11.9. The monoisotopic (exact) mass is 357 g/mol. The molecule has 2 atom stereocenters. The van der Waals surface area contributed by atoms with Crippen LogP contribution in [-0.4, -0.2) is 49.4 Å². The molecule has 0 aromatic carbocycles. The minimum Gasteiger partial charge on any atom is -0.378 e. The second kappa shape index (κ2) is 7.59. The molecule has 1 aromatic heterocycles. The molecule has 1 saturated heterocycles. The van der Waals surface area contributed by atoms with Crippen molar-refractivity contribution < 1.29 is 22.7 Å². The third-order valence-electron chi connectivity index (χ3n) is 4.85. The van der Waals surface area contributed by atoms with Crippen LogP contribution < -0.4 is 10.2 Å². The van der Waals surface area contributed by atoms with Gasteiger partial charge in [-0.15, -0.1) is 0 Å². The molecule has 5 nitrogen and oxygen atoms in total. The summed E-state index contributed by atoms with van der Waals surface area (Å²) in [5, 5.41) is 2.56. The van der Waals surface area contributed by atoms with Crippen LogP contribution in [0.4, 0.5) is 19.0 Å². The van der Waals surface area contributed by atoms with E-state index in [1.807, 2.05) is 4.90 Å². The Bertz CT molecular complexity index is 586. The van der Waals surface area contributed by atoms with Crippen molar-refractivity contribution in [3.05, 3.63) is 23.9 Å². The number of amides is 1. The van der Waals surface area contributed by atoms with Gasteiger partial charge in [-0.2, -0.15) is 13.2 Å². The van der Waals surface area contributed by atoms with E-state index in [-0.39, 0.29) is 12.0 Å². The van der Waals surface area contributed by atoms with Crippen molar-refractivity contribution in [1.82, 2.24) is 10.3 Å². The lowest BCUT2D eigenvalue weighted by molar-refractivity contribution is -0.187. The molecule has 0 bridgehead atoms. The molecule has 2 fully saturated rings. The number of pyridine rings is 1.